The van der Waals surface area contributed by atoms with E-state index in [-0.39, 0.29) is 5.69 Å². The van der Waals surface area contributed by atoms with Gasteiger partial charge in [-0.05, 0) is 12.1 Å². The first-order chi connectivity index (χ1) is 9.29. The third-order valence-electron chi connectivity index (χ3n) is 2.20. The van der Waals surface area contributed by atoms with Crippen molar-refractivity contribution in [2.45, 2.75) is 4.90 Å². The van der Waals surface area contributed by atoms with E-state index in [9.17, 15) is 22.0 Å². The van der Waals surface area contributed by atoms with Gasteiger partial charge >= 0.3 is 0 Å². The Morgan fingerprint density at radius 2 is 1.90 bits per heavy atom. The number of thiazole rings is 1. The van der Waals surface area contributed by atoms with Gasteiger partial charge in [-0.1, -0.05) is 0 Å². The molecule has 10 heteroatoms. The summed E-state index contributed by atoms with van der Waals surface area (Å²) in [5.74, 6) is -3.33. The van der Waals surface area contributed by atoms with E-state index < -0.39 is 37.2 Å². The molecule has 106 valence electrons. The van der Waals surface area contributed by atoms with Gasteiger partial charge in [0.25, 0.3) is 15.0 Å². The zero-order valence-corrected chi connectivity index (χ0v) is 11.8. The molecule has 5 nitrogen and oxygen atoms in total. The summed E-state index contributed by atoms with van der Waals surface area (Å²) in [5.41, 5.74) is 0.597. The summed E-state index contributed by atoms with van der Waals surface area (Å²) in [5, 5.41) is 3.37. The number of rotatable bonds is 3. The fourth-order valence-corrected chi connectivity index (χ4v) is 2.60. The second kappa shape index (κ2) is 5.43. The standard InChI is InChI=1S/C10H5ClF2N2O3S2/c11-20(17,18)5-1-6(12)9(7(13)2-5)15-10(16)8-3-19-4-14-8/h1-4H,(H,15,16). The number of nitrogens with one attached hydrogen (secondary N) is 1. The molecule has 2 rings (SSSR count). The Kier molecular flexibility index (Phi) is 4.02. The van der Waals surface area contributed by atoms with Crippen molar-refractivity contribution in [3.05, 3.63) is 40.4 Å². The van der Waals surface area contributed by atoms with Crippen molar-refractivity contribution >= 4 is 42.7 Å². The Hall–Kier alpha value is -1.58. The highest BCUT2D eigenvalue weighted by molar-refractivity contribution is 8.13. The molecular weight excluding hydrogens is 334 g/mol. The van der Waals surface area contributed by atoms with Gasteiger partial charge in [0.1, 0.15) is 11.4 Å². The molecule has 0 aliphatic carbocycles. The van der Waals surface area contributed by atoms with E-state index in [2.05, 4.69) is 4.98 Å². The van der Waals surface area contributed by atoms with E-state index in [0.29, 0.717) is 12.1 Å². The van der Waals surface area contributed by atoms with Gasteiger partial charge < -0.3 is 5.32 Å². The molecule has 0 saturated carbocycles. The second-order valence-electron chi connectivity index (χ2n) is 3.53. The van der Waals surface area contributed by atoms with Gasteiger partial charge in [0.05, 0.1) is 10.4 Å². The van der Waals surface area contributed by atoms with E-state index in [1.54, 1.807) is 0 Å². The highest BCUT2D eigenvalue weighted by Gasteiger charge is 2.20. The Labute approximate surface area is 120 Å². The van der Waals surface area contributed by atoms with Crippen LogP contribution < -0.4 is 5.32 Å². The first-order valence-electron chi connectivity index (χ1n) is 4.92. The third-order valence-corrected chi connectivity index (χ3v) is 4.12. The topological polar surface area (TPSA) is 76.1 Å². The van der Waals surface area contributed by atoms with Crippen LogP contribution in [0.1, 0.15) is 10.5 Å². The average molecular weight is 339 g/mol. The predicted molar refractivity (Wildman–Crippen MR) is 69.5 cm³/mol. The number of hydrogen-bond donors (Lipinski definition) is 1. The van der Waals surface area contributed by atoms with Gasteiger partial charge in [0, 0.05) is 16.1 Å². The van der Waals surface area contributed by atoms with E-state index in [0.717, 1.165) is 11.3 Å². The predicted octanol–water partition coefficient (Wildman–Crippen LogP) is 2.60. The Morgan fingerprint density at radius 3 is 2.35 bits per heavy atom. The van der Waals surface area contributed by atoms with Crippen molar-refractivity contribution in [1.82, 2.24) is 4.98 Å². The highest BCUT2D eigenvalue weighted by Crippen LogP contribution is 2.25. The van der Waals surface area contributed by atoms with Crippen LogP contribution in [-0.2, 0) is 9.05 Å². The quantitative estimate of drug-likeness (QED) is 0.873. The molecule has 0 aliphatic heterocycles. The highest BCUT2D eigenvalue weighted by atomic mass is 35.7. The normalized spacial score (nSPS) is 11.3. The van der Waals surface area contributed by atoms with Crippen molar-refractivity contribution in [1.29, 1.82) is 0 Å². The molecule has 1 aromatic carbocycles. The van der Waals surface area contributed by atoms with E-state index in [1.807, 2.05) is 5.32 Å². The molecule has 0 aliphatic rings. The van der Waals surface area contributed by atoms with Crippen LogP contribution in [0.25, 0.3) is 0 Å². The van der Waals surface area contributed by atoms with Crippen molar-refractivity contribution in [3.8, 4) is 0 Å². The van der Waals surface area contributed by atoms with Crippen molar-refractivity contribution < 1.29 is 22.0 Å². The number of benzene rings is 1. The summed E-state index contributed by atoms with van der Waals surface area (Å²) in [4.78, 5) is 14.6. The fraction of sp³-hybridized carbons (Fsp3) is 0. The number of nitrogens with zero attached hydrogens (tertiary/aromatic N) is 1. The number of hydrogen-bond acceptors (Lipinski definition) is 5. The fourth-order valence-electron chi connectivity index (χ4n) is 1.31. The van der Waals surface area contributed by atoms with Crippen molar-refractivity contribution in [2.75, 3.05) is 5.32 Å². The summed E-state index contributed by atoms with van der Waals surface area (Å²) in [6.07, 6.45) is 0. The van der Waals surface area contributed by atoms with Crippen LogP contribution in [0, 0.1) is 11.6 Å². The minimum atomic E-state index is -4.27. The number of carbonyl (C=O) groups is 1. The Morgan fingerprint density at radius 1 is 1.30 bits per heavy atom. The van der Waals surface area contributed by atoms with E-state index in [4.69, 9.17) is 10.7 Å². The zero-order valence-electron chi connectivity index (χ0n) is 9.43. The minimum absolute atomic E-state index is 0.0113. The van der Waals surface area contributed by atoms with Crippen LogP contribution in [0.4, 0.5) is 14.5 Å². The molecule has 0 spiro atoms. The second-order valence-corrected chi connectivity index (χ2v) is 6.81. The minimum Gasteiger partial charge on any atom is -0.316 e. The lowest BCUT2D eigenvalue weighted by Gasteiger charge is -2.07. The van der Waals surface area contributed by atoms with Crippen LogP contribution in [0.15, 0.2) is 27.9 Å². The maximum atomic E-state index is 13.6. The van der Waals surface area contributed by atoms with Crippen LogP contribution in [0.3, 0.4) is 0 Å². The third kappa shape index (κ3) is 3.11. The molecule has 1 amide bonds. The van der Waals surface area contributed by atoms with Gasteiger partial charge in [0.2, 0.25) is 0 Å². The largest absolute Gasteiger partial charge is 0.316 e. The first kappa shape index (κ1) is 14.8. The molecule has 1 N–H and O–H groups in total. The summed E-state index contributed by atoms with van der Waals surface area (Å²) in [6.45, 7) is 0. The van der Waals surface area contributed by atoms with Gasteiger partial charge in [0.15, 0.2) is 11.6 Å². The van der Waals surface area contributed by atoms with Crippen molar-refractivity contribution in [2.24, 2.45) is 0 Å². The lowest BCUT2D eigenvalue weighted by Crippen LogP contribution is -2.15. The molecule has 0 unspecified atom stereocenters. The molecule has 0 fully saturated rings. The monoisotopic (exact) mass is 338 g/mol. The summed E-state index contributed by atoms with van der Waals surface area (Å²) in [6, 6.07) is 1.03. The molecule has 1 aromatic heterocycles. The van der Waals surface area contributed by atoms with Crippen molar-refractivity contribution in [3.63, 3.8) is 0 Å². The molecule has 20 heavy (non-hydrogen) atoms. The molecule has 0 bridgehead atoms. The lowest BCUT2D eigenvalue weighted by atomic mass is 10.2. The lowest BCUT2D eigenvalue weighted by molar-refractivity contribution is 0.102. The first-order valence-corrected chi connectivity index (χ1v) is 8.17. The van der Waals surface area contributed by atoms with Gasteiger partial charge in [-0.3, -0.25) is 4.79 Å². The number of carbonyl (C=O) groups excluding carboxylic acids is 1. The maximum Gasteiger partial charge on any atom is 0.275 e. The van der Waals surface area contributed by atoms with Gasteiger partial charge in [-0.25, -0.2) is 22.2 Å². The maximum absolute atomic E-state index is 13.6. The molecule has 0 atom stereocenters. The van der Waals surface area contributed by atoms with Gasteiger partial charge in [-0.15, -0.1) is 11.3 Å². The molecule has 1 heterocycles. The number of halogens is 3. The zero-order chi connectivity index (χ0) is 14.9. The summed E-state index contributed by atoms with van der Waals surface area (Å²) >= 11 is 1.14. The van der Waals surface area contributed by atoms with Crippen LogP contribution >= 0.6 is 22.0 Å². The van der Waals surface area contributed by atoms with Crippen LogP contribution in [0.5, 0.6) is 0 Å². The molecule has 0 saturated heterocycles. The van der Waals surface area contributed by atoms with Gasteiger partial charge in [-0.2, -0.15) is 0 Å². The molecule has 0 radical (unpaired) electrons. The van der Waals surface area contributed by atoms with E-state index in [1.165, 1.54) is 10.9 Å². The Balaban J connectivity index is 2.37. The average Bonchev–Trinajstić information content (AvgIpc) is 2.85. The number of aromatic nitrogens is 1. The summed E-state index contributed by atoms with van der Waals surface area (Å²) in [7, 11) is 0.717. The van der Waals surface area contributed by atoms with Crippen LogP contribution in [-0.4, -0.2) is 19.3 Å². The smallest absolute Gasteiger partial charge is 0.275 e. The number of anilines is 1. The molecule has 2 aromatic rings. The SMILES string of the molecule is O=C(Nc1c(F)cc(S(=O)(=O)Cl)cc1F)c1cscn1. The van der Waals surface area contributed by atoms with E-state index >= 15 is 0 Å². The summed E-state index contributed by atoms with van der Waals surface area (Å²) < 4.78 is 49.3. The molecular formula is C10H5ClF2N2O3S2. The van der Waals surface area contributed by atoms with Crippen LogP contribution in [0.2, 0.25) is 0 Å². The number of amides is 1. The Bertz CT molecular complexity index is 740.